The summed E-state index contributed by atoms with van der Waals surface area (Å²) in [7, 11) is 0. The number of hydrogen-bond donors (Lipinski definition) is 0. The Balaban J connectivity index is 1.48. The van der Waals surface area contributed by atoms with Gasteiger partial charge in [0.1, 0.15) is 0 Å². The average molecular weight is 407 g/mol. The highest BCUT2D eigenvalue weighted by molar-refractivity contribution is 7.23. The first kappa shape index (κ1) is 16.2. The van der Waals surface area contributed by atoms with E-state index in [2.05, 4.69) is 83.6 Å². The third kappa shape index (κ3) is 3.10. The van der Waals surface area contributed by atoms with Gasteiger partial charge in [-0.3, -0.25) is 0 Å². The number of thiophene rings is 4. The van der Waals surface area contributed by atoms with Crippen molar-refractivity contribution in [3.63, 3.8) is 0 Å². The van der Waals surface area contributed by atoms with Crippen molar-refractivity contribution < 1.29 is 0 Å². The lowest BCUT2D eigenvalue weighted by Crippen LogP contribution is -1.75. The van der Waals surface area contributed by atoms with Gasteiger partial charge in [0, 0.05) is 29.3 Å². The van der Waals surface area contributed by atoms with Gasteiger partial charge >= 0.3 is 0 Å². The molecule has 126 valence electrons. The quantitative estimate of drug-likeness (QED) is 0.280. The highest BCUT2D eigenvalue weighted by atomic mass is 32.1. The van der Waals surface area contributed by atoms with Gasteiger partial charge in [0.15, 0.2) is 0 Å². The van der Waals surface area contributed by atoms with Gasteiger partial charge in [-0.2, -0.15) is 0 Å². The Morgan fingerprint density at radius 2 is 0.923 bits per heavy atom. The van der Waals surface area contributed by atoms with Gasteiger partial charge in [-0.15, -0.1) is 45.3 Å². The molecule has 5 aromatic rings. The van der Waals surface area contributed by atoms with E-state index in [1.807, 2.05) is 22.7 Å². The maximum atomic E-state index is 2.31. The number of rotatable bonds is 4. The zero-order chi connectivity index (χ0) is 17.3. The van der Waals surface area contributed by atoms with Crippen molar-refractivity contribution in [2.45, 2.75) is 0 Å². The minimum Gasteiger partial charge on any atom is -0.143 e. The zero-order valence-corrected chi connectivity index (χ0v) is 17.0. The lowest BCUT2D eigenvalue weighted by Gasteiger charge is -2.02. The predicted molar refractivity (Wildman–Crippen MR) is 120 cm³/mol. The summed E-state index contributed by atoms with van der Waals surface area (Å²) in [6.45, 7) is 0. The summed E-state index contributed by atoms with van der Waals surface area (Å²) < 4.78 is 0. The molecule has 0 N–H and O–H groups in total. The second kappa shape index (κ2) is 6.97. The van der Waals surface area contributed by atoms with Crippen LogP contribution in [0.15, 0.2) is 83.6 Å². The first-order valence-corrected chi connectivity index (χ1v) is 11.6. The van der Waals surface area contributed by atoms with Gasteiger partial charge in [0.25, 0.3) is 0 Å². The molecule has 4 heteroatoms. The largest absolute Gasteiger partial charge is 0.143 e. The molecule has 4 heterocycles. The van der Waals surface area contributed by atoms with E-state index >= 15 is 0 Å². The van der Waals surface area contributed by atoms with E-state index in [4.69, 9.17) is 0 Å². The fourth-order valence-electron chi connectivity index (χ4n) is 2.91. The van der Waals surface area contributed by atoms with E-state index < -0.39 is 0 Å². The summed E-state index contributed by atoms with van der Waals surface area (Å²) in [5, 5.41) is 4.27. The molecular weight excluding hydrogens is 393 g/mol. The summed E-state index contributed by atoms with van der Waals surface area (Å²) in [4.78, 5) is 8.02. The SMILES string of the molecule is c1cc(-c2ccc(-c3cccs3)s2)cc(-c2ccc(-c3cccs3)s2)c1. The Morgan fingerprint density at radius 1 is 0.423 bits per heavy atom. The Hall–Kier alpha value is -1.98. The van der Waals surface area contributed by atoms with Gasteiger partial charge in [-0.05, 0) is 64.4 Å². The molecule has 0 atom stereocenters. The van der Waals surface area contributed by atoms with Crippen LogP contribution in [0.4, 0.5) is 0 Å². The number of benzene rings is 1. The van der Waals surface area contributed by atoms with Crippen molar-refractivity contribution in [1.82, 2.24) is 0 Å². The van der Waals surface area contributed by atoms with Crippen LogP contribution in [0.3, 0.4) is 0 Å². The monoisotopic (exact) mass is 406 g/mol. The molecule has 0 unspecified atom stereocenters. The van der Waals surface area contributed by atoms with Crippen molar-refractivity contribution in [1.29, 1.82) is 0 Å². The van der Waals surface area contributed by atoms with E-state index in [-0.39, 0.29) is 0 Å². The molecule has 5 rings (SSSR count). The van der Waals surface area contributed by atoms with Crippen molar-refractivity contribution in [3.8, 4) is 40.4 Å². The van der Waals surface area contributed by atoms with Crippen LogP contribution in [0.5, 0.6) is 0 Å². The minimum atomic E-state index is 1.29. The van der Waals surface area contributed by atoms with Gasteiger partial charge in [-0.25, -0.2) is 0 Å². The van der Waals surface area contributed by atoms with Crippen LogP contribution >= 0.6 is 45.3 Å². The normalized spacial score (nSPS) is 11.1. The van der Waals surface area contributed by atoms with Crippen LogP contribution in [-0.4, -0.2) is 0 Å². The molecule has 0 fully saturated rings. The fourth-order valence-corrected chi connectivity index (χ4v) is 6.59. The molecule has 0 bridgehead atoms. The minimum absolute atomic E-state index is 1.29. The highest BCUT2D eigenvalue weighted by Crippen LogP contribution is 2.40. The lowest BCUT2D eigenvalue weighted by atomic mass is 10.1. The Labute approximate surface area is 168 Å². The molecule has 0 nitrogen and oxygen atoms in total. The van der Waals surface area contributed by atoms with Crippen LogP contribution in [0.1, 0.15) is 0 Å². The third-order valence-electron chi connectivity index (χ3n) is 4.17. The first-order valence-electron chi connectivity index (χ1n) is 8.25. The molecule has 0 aliphatic heterocycles. The second-order valence-electron chi connectivity index (χ2n) is 5.86. The molecule has 0 aliphatic carbocycles. The maximum absolute atomic E-state index is 2.31. The van der Waals surface area contributed by atoms with E-state index in [0.717, 1.165) is 0 Å². The standard InChI is InChI=1S/C22H14S4/c1-4-15(17-8-10-21(25-17)19-6-2-12-23-19)14-16(5-1)18-9-11-22(26-18)20-7-3-13-24-20/h1-14H. The van der Waals surface area contributed by atoms with Crippen LogP contribution < -0.4 is 0 Å². The van der Waals surface area contributed by atoms with Gasteiger partial charge < -0.3 is 0 Å². The van der Waals surface area contributed by atoms with E-state index in [1.54, 1.807) is 22.7 Å². The van der Waals surface area contributed by atoms with Crippen molar-refractivity contribution in [2.24, 2.45) is 0 Å². The third-order valence-corrected chi connectivity index (χ3v) is 8.57. The molecule has 0 saturated carbocycles. The summed E-state index contributed by atoms with van der Waals surface area (Å²) in [6, 6.07) is 26.5. The van der Waals surface area contributed by atoms with Crippen LogP contribution in [0, 0.1) is 0 Å². The summed E-state index contributed by atoms with van der Waals surface area (Å²) in [6.07, 6.45) is 0. The average Bonchev–Trinajstić information content (AvgIpc) is 3.49. The van der Waals surface area contributed by atoms with E-state index in [9.17, 15) is 0 Å². The van der Waals surface area contributed by atoms with Gasteiger partial charge in [0.05, 0.1) is 0 Å². The fraction of sp³-hybridized carbons (Fsp3) is 0. The van der Waals surface area contributed by atoms with Gasteiger partial charge in [0.2, 0.25) is 0 Å². The first-order chi connectivity index (χ1) is 12.9. The van der Waals surface area contributed by atoms with Crippen LogP contribution in [0.2, 0.25) is 0 Å². The van der Waals surface area contributed by atoms with Crippen molar-refractivity contribution in [2.75, 3.05) is 0 Å². The molecule has 0 spiro atoms. The predicted octanol–water partition coefficient (Wildman–Crippen LogP) is 8.60. The van der Waals surface area contributed by atoms with Crippen LogP contribution in [0.25, 0.3) is 40.4 Å². The molecule has 0 aliphatic rings. The Bertz CT molecular complexity index is 1040. The van der Waals surface area contributed by atoms with Gasteiger partial charge in [-0.1, -0.05) is 30.3 Å². The highest BCUT2D eigenvalue weighted by Gasteiger charge is 2.09. The van der Waals surface area contributed by atoms with Crippen LogP contribution in [-0.2, 0) is 0 Å². The molecule has 0 saturated heterocycles. The summed E-state index contributed by atoms with van der Waals surface area (Å²) >= 11 is 7.33. The lowest BCUT2D eigenvalue weighted by molar-refractivity contribution is 1.69. The van der Waals surface area contributed by atoms with Crippen molar-refractivity contribution in [3.05, 3.63) is 83.6 Å². The smallest absolute Gasteiger partial charge is 0.0449 e. The topological polar surface area (TPSA) is 0 Å². The number of hydrogen-bond acceptors (Lipinski definition) is 4. The molecular formula is C22H14S4. The molecule has 1 aromatic carbocycles. The molecule has 0 amide bonds. The summed E-state index contributed by atoms with van der Waals surface area (Å²) in [5.41, 5.74) is 2.59. The molecule has 4 aromatic heterocycles. The maximum Gasteiger partial charge on any atom is 0.0449 e. The summed E-state index contributed by atoms with van der Waals surface area (Å²) in [5.74, 6) is 0. The Morgan fingerprint density at radius 3 is 1.38 bits per heavy atom. The van der Waals surface area contributed by atoms with E-state index in [1.165, 1.54) is 40.4 Å². The Kier molecular flexibility index (Phi) is 4.35. The molecule has 26 heavy (non-hydrogen) atoms. The zero-order valence-electron chi connectivity index (χ0n) is 13.7. The van der Waals surface area contributed by atoms with Crippen molar-refractivity contribution >= 4 is 45.3 Å². The molecule has 0 radical (unpaired) electrons. The second-order valence-corrected chi connectivity index (χ2v) is 9.93. The van der Waals surface area contributed by atoms with E-state index in [0.29, 0.717) is 0 Å².